The number of fused-ring (bicyclic) bond motifs is 2. The van der Waals surface area contributed by atoms with Crippen LogP contribution in [0.4, 0.5) is 5.69 Å². The molecule has 1 aliphatic heterocycles. The van der Waals surface area contributed by atoms with Crippen LogP contribution in [-0.2, 0) is 6.42 Å². The van der Waals surface area contributed by atoms with Gasteiger partial charge in [-0.2, -0.15) is 5.10 Å². The predicted molar refractivity (Wildman–Crippen MR) is 153 cm³/mol. The standard InChI is InChI=1S/C32H30N4O3/c1-19(2)38-24-13-9-22(10-14-24)31-27-16-33-32-30(27)26(17-34-36-32)29-23(5-4-6-28(29)35-31)15-20(3)39-25-11-7-21(18-37)8-12-25/h4-14,16-20,31,35H,15H2,1-3H3,(H,33,36). The fraction of sp³-hybridized carbons (Fsp3) is 0.219. The van der Waals surface area contributed by atoms with Crippen LogP contribution in [0.15, 0.2) is 79.1 Å². The van der Waals surface area contributed by atoms with E-state index in [4.69, 9.17) is 9.47 Å². The molecule has 1 aliphatic rings. The highest BCUT2D eigenvalue weighted by molar-refractivity contribution is 6.01. The van der Waals surface area contributed by atoms with E-state index >= 15 is 0 Å². The van der Waals surface area contributed by atoms with E-state index in [0.29, 0.717) is 12.0 Å². The van der Waals surface area contributed by atoms with E-state index in [-0.39, 0.29) is 18.2 Å². The maximum absolute atomic E-state index is 11.0. The van der Waals surface area contributed by atoms with E-state index < -0.39 is 0 Å². The first kappa shape index (κ1) is 24.7. The van der Waals surface area contributed by atoms with Gasteiger partial charge in [-0.25, -0.2) is 0 Å². The number of rotatable bonds is 8. The van der Waals surface area contributed by atoms with Crippen LogP contribution in [0.5, 0.6) is 11.5 Å². The largest absolute Gasteiger partial charge is 0.491 e. The minimum Gasteiger partial charge on any atom is -0.491 e. The van der Waals surface area contributed by atoms with Crippen LogP contribution in [0.25, 0.3) is 22.2 Å². The molecule has 0 saturated carbocycles. The molecule has 7 heteroatoms. The molecule has 0 bridgehead atoms. The van der Waals surface area contributed by atoms with Gasteiger partial charge in [-0.3, -0.25) is 4.79 Å². The Hall–Kier alpha value is -4.65. The van der Waals surface area contributed by atoms with Crippen LogP contribution in [0.1, 0.15) is 53.9 Å². The maximum Gasteiger partial charge on any atom is 0.160 e. The molecule has 0 saturated heterocycles. The summed E-state index contributed by atoms with van der Waals surface area (Å²) in [5.74, 6) is 1.59. The van der Waals surface area contributed by atoms with Crippen LogP contribution < -0.4 is 14.8 Å². The Bertz CT molecular complexity index is 1620. The first-order valence-corrected chi connectivity index (χ1v) is 13.2. The summed E-state index contributed by atoms with van der Waals surface area (Å²) in [5, 5.41) is 13.6. The van der Waals surface area contributed by atoms with Gasteiger partial charge in [0.25, 0.3) is 0 Å². The lowest BCUT2D eigenvalue weighted by atomic mass is 9.93. The van der Waals surface area contributed by atoms with Gasteiger partial charge in [0.2, 0.25) is 0 Å². The molecular formula is C32H30N4O3. The second kappa shape index (κ2) is 10.3. The summed E-state index contributed by atoms with van der Waals surface area (Å²) in [6, 6.07) is 21.7. The van der Waals surface area contributed by atoms with Crippen molar-refractivity contribution in [3.63, 3.8) is 0 Å². The fourth-order valence-corrected chi connectivity index (χ4v) is 5.34. The summed E-state index contributed by atoms with van der Waals surface area (Å²) in [5.41, 5.74) is 7.97. The first-order valence-electron chi connectivity index (χ1n) is 13.2. The molecule has 0 radical (unpaired) electrons. The molecule has 0 spiro atoms. The number of aromatic nitrogens is 3. The number of carbonyl (C=O) groups excluding carboxylic acids is 1. The number of anilines is 1. The van der Waals surface area contributed by atoms with Crippen molar-refractivity contribution < 1.29 is 14.3 Å². The summed E-state index contributed by atoms with van der Waals surface area (Å²) < 4.78 is 12.1. The highest BCUT2D eigenvalue weighted by atomic mass is 16.5. The van der Waals surface area contributed by atoms with Gasteiger partial charge >= 0.3 is 0 Å². The van der Waals surface area contributed by atoms with Gasteiger partial charge in [0.1, 0.15) is 17.8 Å². The van der Waals surface area contributed by atoms with Crippen molar-refractivity contribution >= 4 is 23.0 Å². The van der Waals surface area contributed by atoms with Crippen molar-refractivity contribution in [3.8, 4) is 22.6 Å². The minimum atomic E-state index is -0.0953. The smallest absolute Gasteiger partial charge is 0.160 e. The number of H-pyrrole nitrogens is 1. The molecule has 7 nitrogen and oxygen atoms in total. The number of hydrogen-bond donors (Lipinski definition) is 2. The van der Waals surface area contributed by atoms with Crippen LogP contribution in [0.3, 0.4) is 0 Å². The van der Waals surface area contributed by atoms with E-state index in [2.05, 4.69) is 57.8 Å². The van der Waals surface area contributed by atoms with Gasteiger partial charge in [-0.1, -0.05) is 24.3 Å². The predicted octanol–water partition coefficient (Wildman–Crippen LogP) is 6.75. The number of nitrogens with zero attached hydrogens (tertiary/aromatic N) is 2. The highest BCUT2D eigenvalue weighted by Crippen LogP contribution is 2.45. The zero-order valence-corrected chi connectivity index (χ0v) is 22.1. The second-order valence-corrected chi connectivity index (χ2v) is 10.2. The number of nitrogens with one attached hydrogen (secondary N) is 2. The summed E-state index contributed by atoms with van der Waals surface area (Å²) in [4.78, 5) is 14.3. The second-order valence-electron chi connectivity index (χ2n) is 10.2. The molecule has 3 heterocycles. The Morgan fingerprint density at radius 2 is 1.69 bits per heavy atom. The van der Waals surface area contributed by atoms with Crippen molar-refractivity contribution in [3.05, 3.63) is 101 Å². The van der Waals surface area contributed by atoms with Crippen molar-refractivity contribution in [2.24, 2.45) is 0 Å². The van der Waals surface area contributed by atoms with Crippen LogP contribution in [0.2, 0.25) is 0 Å². The normalized spacial score (nSPS) is 14.8. The number of aromatic amines is 1. The molecule has 2 unspecified atom stereocenters. The highest BCUT2D eigenvalue weighted by Gasteiger charge is 2.28. The van der Waals surface area contributed by atoms with E-state index in [1.807, 2.05) is 50.5 Å². The van der Waals surface area contributed by atoms with Gasteiger partial charge in [-0.05, 0) is 74.4 Å². The lowest BCUT2D eigenvalue weighted by molar-refractivity contribution is 0.112. The molecule has 3 aromatic carbocycles. The number of carbonyl (C=O) groups is 1. The van der Waals surface area contributed by atoms with E-state index in [0.717, 1.165) is 62.3 Å². The summed E-state index contributed by atoms with van der Waals surface area (Å²) in [6.07, 6.45) is 5.43. The van der Waals surface area contributed by atoms with E-state index in [9.17, 15) is 4.79 Å². The number of ether oxygens (including phenoxy) is 2. The lowest BCUT2D eigenvalue weighted by Gasteiger charge is -2.22. The molecule has 2 N–H and O–H groups in total. The SMILES string of the molecule is CC(C)Oc1ccc(C2Nc3cccc(CC(C)Oc4ccc(C=O)cc4)c3-c3cnnc4[nH]cc2c34)cc1. The molecule has 0 aliphatic carbocycles. The zero-order valence-electron chi connectivity index (χ0n) is 22.1. The third-order valence-corrected chi connectivity index (χ3v) is 6.98. The molecule has 196 valence electrons. The third kappa shape index (κ3) is 4.83. The Kier molecular flexibility index (Phi) is 6.49. The molecule has 5 aromatic rings. The Morgan fingerprint density at radius 3 is 2.44 bits per heavy atom. The van der Waals surface area contributed by atoms with Crippen molar-refractivity contribution in [2.75, 3.05) is 5.32 Å². The molecule has 6 rings (SSSR count). The third-order valence-electron chi connectivity index (χ3n) is 6.98. The number of benzene rings is 3. The minimum absolute atomic E-state index is 0.0868. The Labute approximate surface area is 227 Å². The van der Waals surface area contributed by atoms with Gasteiger partial charge < -0.3 is 19.8 Å². The van der Waals surface area contributed by atoms with Crippen LogP contribution in [0, 0.1) is 0 Å². The average Bonchev–Trinajstić information content (AvgIpc) is 3.30. The van der Waals surface area contributed by atoms with Gasteiger partial charge in [-0.15, -0.1) is 5.10 Å². The van der Waals surface area contributed by atoms with Crippen molar-refractivity contribution in [1.29, 1.82) is 0 Å². The molecule has 0 amide bonds. The molecule has 39 heavy (non-hydrogen) atoms. The molecule has 2 aromatic heterocycles. The number of hydrogen-bond acceptors (Lipinski definition) is 6. The Morgan fingerprint density at radius 1 is 0.949 bits per heavy atom. The number of aldehydes is 1. The molecular weight excluding hydrogens is 488 g/mol. The van der Waals surface area contributed by atoms with E-state index in [1.54, 1.807) is 12.1 Å². The van der Waals surface area contributed by atoms with Gasteiger partial charge in [0, 0.05) is 45.9 Å². The first-order chi connectivity index (χ1) is 19.0. The van der Waals surface area contributed by atoms with Gasteiger partial charge in [0.05, 0.1) is 24.4 Å². The van der Waals surface area contributed by atoms with E-state index in [1.165, 1.54) is 0 Å². The topological polar surface area (TPSA) is 89.1 Å². The van der Waals surface area contributed by atoms with Crippen LogP contribution >= 0.6 is 0 Å². The van der Waals surface area contributed by atoms with Gasteiger partial charge in [0.15, 0.2) is 5.65 Å². The summed E-state index contributed by atoms with van der Waals surface area (Å²) >= 11 is 0. The monoisotopic (exact) mass is 518 g/mol. The van der Waals surface area contributed by atoms with Crippen LogP contribution in [-0.4, -0.2) is 33.7 Å². The molecule has 0 fully saturated rings. The lowest BCUT2D eigenvalue weighted by Crippen LogP contribution is -2.16. The zero-order chi connectivity index (χ0) is 26.9. The van der Waals surface area contributed by atoms with Crippen molar-refractivity contribution in [1.82, 2.24) is 15.2 Å². The quantitative estimate of drug-likeness (QED) is 0.221. The Balaban J connectivity index is 1.38. The summed E-state index contributed by atoms with van der Waals surface area (Å²) in [7, 11) is 0. The maximum atomic E-state index is 11.0. The molecule has 2 atom stereocenters. The fourth-order valence-electron chi connectivity index (χ4n) is 5.34. The van der Waals surface area contributed by atoms with Crippen molar-refractivity contribution in [2.45, 2.75) is 45.4 Å². The summed E-state index contributed by atoms with van der Waals surface area (Å²) in [6.45, 7) is 6.11. The average molecular weight is 519 g/mol.